The average molecular weight is 238 g/mol. The van der Waals surface area contributed by atoms with Crippen LogP contribution in [0.25, 0.3) is 0 Å². The number of methoxy groups -OCH3 is 1. The Morgan fingerprint density at radius 2 is 2.24 bits per heavy atom. The van der Waals surface area contributed by atoms with E-state index in [0.29, 0.717) is 17.4 Å². The van der Waals surface area contributed by atoms with Crippen LogP contribution in [0.3, 0.4) is 0 Å². The Kier molecular flexibility index (Phi) is 4.56. The third kappa shape index (κ3) is 4.18. The fourth-order valence-corrected chi connectivity index (χ4v) is 1.24. The highest BCUT2D eigenvalue weighted by Crippen LogP contribution is 2.18. The van der Waals surface area contributed by atoms with Crippen LogP contribution in [-0.4, -0.2) is 30.6 Å². The molecule has 0 aliphatic carbocycles. The molecule has 1 aromatic heterocycles. The number of nitrogens with two attached hydrogens (primary N) is 1. The van der Waals surface area contributed by atoms with Crippen LogP contribution in [0, 0.1) is 0 Å². The van der Waals surface area contributed by atoms with Gasteiger partial charge in [-0.1, -0.05) is 0 Å². The molecule has 0 spiro atoms. The molecule has 0 radical (unpaired) electrons. The van der Waals surface area contributed by atoms with Gasteiger partial charge in [-0.3, -0.25) is 4.79 Å². The molecule has 0 saturated heterocycles. The first-order valence-electron chi connectivity index (χ1n) is 5.36. The van der Waals surface area contributed by atoms with E-state index in [1.165, 1.54) is 7.11 Å². The zero-order valence-corrected chi connectivity index (χ0v) is 10.3. The number of carbonyl (C=O) groups excluding carboxylic acids is 1. The number of hydrogen-bond acceptors (Lipinski definition) is 5. The van der Waals surface area contributed by atoms with E-state index in [4.69, 9.17) is 10.5 Å². The lowest BCUT2D eigenvalue weighted by molar-refractivity contribution is -0.119. The van der Waals surface area contributed by atoms with Crippen molar-refractivity contribution in [3.05, 3.63) is 12.1 Å². The van der Waals surface area contributed by atoms with Crippen molar-refractivity contribution in [2.45, 2.75) is 19.9 Å². The number of aromatic nitrogens is 1. The molecule has 1 rings (SSSR count). The number of rotatable bonds is 5. The molecule has 0 fully saturated rings. The molecule has 0 aromatic carbocycles. The van der Waals surface area contributed by atoms with Gasteiger partial charge in [0.2, 0.25) is 11.8 Å². The minimum atomic E-state index is -0.107. The summed E-state index contributed by atoms with van der Waals surface area (Å²) in [7, 11) is 1.52. The number of hydrogen-bond donors (Lipinski definition) is 3. The molecule has 0 aliphatic rings. The van der Waals surface area contributed by atoms with Gasteiger partial charge in [0.1, 0.15) is 0 Å². The monoisotopic (exact) mass is 238 g/mol. The average Bonchev–Trinajstić information content (AvgIpc) is 2.27. The Balaban J connectivity index is 2.59. The molecule has 4 N–H and O–H groups in total. The summed E-state index contributed by atoms with van der Waals surface area (Å²) >= 11 is 0. The van der Waals surface area contributed by atoms with E-state index in [1.54, 1.807) is 12.1 Å². The second-order valence-corrected chi connectivity index (χ2v) is 3.87. The van der Waals surface area contributed by atoms with Crippen LogP contribution in [0.4, 0.5) is 11.5 Å². The first-order valence-corrected chi connectivity index (χ1v) is 5.36. The maximum atomic E-state index is 11.4. The number of ether oxygens (including phenoxy) is 1. The Morgan fingerprint density at radius 1 is 1.53 bits per heavy atom. The topological polar surface area (TPSA) is 89.3 Å². The van der Waals surface area contributed by atoms with Crippen LogP contribution in [0.1, 0.15) is 13.8 Å². The zero-order valence-electron chi connectivity index (χ0n) is 10.3. The first-order chi connectivity index (χ1) is 8.02. The number of anilines is 2. The van der Waals surface area contributed by atoms with E-state index in [2.05, 4.69) is 15.6 Å². The van der Waals surface area contributed by atoms with Gasteiger partial charge >= 0.3 is 0 Å². The van der Waals surface area contributed by atoms with Crippen molar-refractivity contribution >= 4 is 17.4 Å². The number of nitrogen functional groups attached to an aromatic ring is 1. The molecule has 17 heavy (non-hydrogen) atoms. The SMILES string of the molecule is COc1ccc(N)c(NCC(=O)NC(C)C)n1. The summed E-state index contributed by atoms with van der Waals surface area (Å²) in [6.07, 6.45) is 0. The molecule has 6 heteroatoms. The molecule has 6 nitrogen and oxygen atoms in total. The molecule has 0 saturated carbocycles. The molecule has 1 aromatic rings. The van der Waals surface area contributed by atoms with E-state index in [9.17, 15) is 4.79 Å². The molecule has 0 atom stereocenters. The lowest BCUT2D eigenvalue weighted by atomic mass is 10.3. The summed E-state index contributed by atoms with van der Waals surface area (Å²) < 4.78 is 4.97. The molecule has 94 valence electrons. The Hall–Kier alpha value is -1.98. The van der Waals surface area contributed by atoms with Crippen molar-refractivity contribution < 1.29 is 9.53 Å². The van der Waals surface area contributed by atoms with E-state index in [0.717, 1.165) is 0 Å². The van der Waals surface area contributed by atoms with E-state index < -0.39 is 0 Å². The van der Waals surface area contributed by atoms with Gasteiger partial charge in [-0.2, -0.15) is 4.98 Å². The van der Waals surface area contributed by atoms with Gasteiger partial charge in [-0.15, -0.1) is 0 Å². The molecule has 0 unspecified atom stereocenters. The Morgan fingerprint density at radius 3 is 2.82 bits per heavy atom. The standard InChI is InChI=1S/C11H18N4O2/c1-7(2)14-9(16)6-13-11-8(12)4-5-10(15-11)17-3/h4-5,7H,6,12H2,1-3H3,(H,13,15)(H,14,16). The minimum Gasteiger partial charge on any atom is -0.481 e. The number of carbonyl (C=O) groups is 1. The third-order valence-corrected chi connectivity index (χ3v) is 1.98. The quantitative estimate of drug-likeness (QED) is 0.699. The summed E-state index contributed by atoms with van der Waals surface area (Å²) in [5, 5.41) is 5.62. The molecule has 1 amide bonds. The fraction of sp³-hybridized carbons (Fsp3) is 0.455. The summed E-state index contributed by atoms with van der Waals surface area (Å²) in [4.78, 5) is 15.5. The van der Waals surface area contributed by atoms with Crippen LogP contribution in [-0.2, 0) is 4.79 Å². The van der Waals surface area contributed by atoms with Crippen molar-refractivity contribution in [2.75, 3.05) is 24.7 Å². The van der Waals surface area contributed by atoms with Crippen molar-refractivity contribution in [1.82, 2.24) is 10.3 Å². The van der Waals surface area contributed by atoms with Crippen LogP contribution in [0.2, 0.25) is 0 Å². The lowest BCUT2D eigenvalue weighted by Crippen LogP contribution is -2.35. The van der Waals surface area contributed by atoms with E-state index in [-0.39, 0.29) is 18.5 Å². The summed E-state index contributed by atoms with van der Waals surface area (Å²) in [5.41, 5.74) is 6.19. The molecular weight excluding hydrogens is 220 g/mol. The normalized spacial score (nSPS) is 10.1. The van der Waals surface area contributed by atoms with Crippen LogP contribution >= 0.6 is 0 Å². The van der Waals surface area contributed by atoms with Crippen molar-refractivity contribution in [1.29, 1.82) is 0 Å². The highest BCUT2D eigenvalue weighted by molar-refractivity contribution is 5.81. The van der Waals surface area contributed by atoms with Gasteiger partial charge in [0, 0.05) is 12.1 Å². The van der Waals surface area contributed by atoms with Gasteiger partial charge in [-0.25, -0.2) is 0 Å². The molecular formula is C11H18N4O2. The van der Waals surface area contributed by atoms with Gasteiger partial charge in [0.05, 0.1) is 19.3 Å². The largest absolute Gasteiger partial charge is 0.481 e. The van der Waals surface area contributed by atoms with Crippen molar-refractivity contribution in [3.8, 4) is 5.88 Å². The smallest absolute Gasteiger partial charge is 0.239 e. The fourth-order valence-electron chi connectivity index (χ4n) is 1.24. The van der Waals surface area contributed by atoms with Crippen LogP contribution < -0.4 is 21.1 Å². The van der Waals surface area contributed by atoms with Gasteiger partial charge in [0.15, 0.2) is 5.82 Å². The highest BCUT2D eigenvalue weighted by Gasteiger charge is 2.06. The Bertz CT molecular complexity index is 393. The second kappa shape index (κ2) is 5.93. The van der Waals surface area contributed by atoms with Crippen molar-refractivity contribution in [3.63, 3.8) is 0 Å². The molecule has 1 heterocycles. The first kappa shape index (κ1) is 13.1. The lowest BCUT2D eigenvalue weighted by Gasteiger charge is -2.11. The van der Waals surface area contributed by atoms with Gasteiger partial charge < -0.3 is 21.1 Å². The predicted molar refractivity (Wildman–Crippen MR) is 67.0 cm³/mol. The molecule has 0 bridgehead atoms. The number of nitrogens with one attached hydrogen (secondary N) is 2. The van der Waals surface area contributed by atoms with Gasteiger partial charge in [0.25, 0.3) is 0 Å². The minimum absolute atomic E-state index is 0.107. The Labute approximate surface area is 101 Å². The van der Waals surface area contributed by atoms with Gasteiger partial charge in [-0.05, 0) is 19.9 Å². The third-order valence-electron chi connectivity index (χ3n) is 1.98. The molecule has 0 aliphatic heterocycles. The van der Waals surface area contributed by atoms with Crippen LogP contribution in [0.5, 0.6) is 5.88 Å². The zero-order chi connectivity index (χ0) is 12.8. The van der Waals surface area contributed by atoms with E-state index >= 15 is 0 Å². The van der Waals surface area contributed by atoms with E-state index in [1.807, 2.05) is 13.8 Å². The summed E-state index contributed by atoms with van der Waals surface area (Å²) in [5.74, 6) is 0.790. The summed E-state index contributed by atoms with van der Waals surface area (Å²) in [6.45, 7) is 3.93. The number of amides is 1. The second-order valence-electron chi connectivity index (χ2n) is 3.87. The highest BCUT2D eigenvalue weighted by atomic mass is 16.5. The summed E-state index contributed by atoms with van der Waals surface area (Å²) in [6, 6.07) is 3.45. The number of nitrogens with zero attached hydrogens (tertiary/aromatic N) is 1. The van der Waals surface area contributed by atoms with Crippen molar-refractivity contribution in [2.24, 2.45) is 0 Å². The van der Waals surface area contributed by atoms with Crippen LogP contribution in [0.15, 0.2) is 12.1 Å². The maximum Gasteiger partial charge on any atom is 0.239 e. The number of pyridine rings is 1. The maximum absolute atomic E-state index is 11.4. The predicted octanol–water partition coefficient (Wildman–Crippen LogP) is 0.609.